The van der Waals surface area contributed by atoms with E-state index >= 15 is 0 Å². The molecule has 0 saturated carbocycles. The molecule has 0 spiro atoms. The number of aryl methyl sites for hydroxylation is 1. The van der Waals surface area contributed by atoms with Crippen LogP contribution in [0.1, 0.15) is 11.1 Å². The molecule has 0 radical (unpaired) electrons. The van der Waals surface area contributed by atoms with Crippen LogP contribution < -0.4 is 5.32 Å². The summed E-state index contributed by atoms with van der Waals surface area (Å²) in [5.41, 5.74) is 2.48. The van der Waals surface area contributed by atoms with Crippen LogP contribution in [0.5, 0.6) is 0 Å². The zero-order chi connectivity index (χ0) is 13.1. The van der Waals surface area contributed by atoms with Gasteiger partial charge in [-0.15, -0.1) is 0 Å². The molecule has 2 rings (SSSR count). The van der Waals surface area contributed by atoms with Crippen LogP contribution in [0, 0.1) is 12.7 Å². The second-order valence-corrected chi connectivity index (χ2v) is 4.72. The fourth-order valence-electron chi connectivity index (χ4n) is 1.64. The lowest BCUT2D eigenvalue weighted by atomic mass is 10.2. The molecule has 1 aromatic heterocycles. The van der Waals surface area contributed by atoms with Gasteiger partial charge in [0.2, 0.25) is 0 Å². The molecule has 0 aliphatic carbocycles. The number of halogens is 3. The van der Waals surface area contributed by atoms with E-state index in [1.54, 1.807) is 12.3 Å². The van der Waals surface area contributed by atoms with E-state index in [2.05, 4.69) is 10.3 Å². The topological polar surface area (TPSA) is 24.9 Å². The van der Waals surface area contributed by atoms with E-state index in [1.165, 1.54) is 12.1 Å². The summed E-state index contributed by atoms with van der Waals surface area (Å²) in [6, 6.07) is 6.26. The summed E-state index contributed by atoms with van der Waals surface area (Å²) in [5, 5.41) is 3.91. The lowest BCUT2D eigenvalue weighted by molar-refractivity contribution is 0.626. The van der Waals surface area contributed by atoms with Crippen molar-refractivity contribution in [3.8, 4) is 0 Å². The Balaban J connectivity index is 2.16. The van der Waals surface area contributed by atoms with Gasteiger partial charge in [-0.2, -0.15) is 0 Å². The van der Waals surface area contributed by atoms with Crippen LogP contribution in [0.4, 0.5) is 10.1 Å². The summed E-state index contributed by atoms with van der Waals surface area (Å²) in [6.45, 7) is 2.36. The first-order valence-electron chi connectivity index (χ1n) is 5.36. The van der Waals surface area contributed by atoms with Crippen LogP contribution in [-0.4, -0.2) is 4.98 Å². The SMILES string of the molecule is Cc1ccnc(Cl)c1NCc1cc(F)cc(Cl)c1. The zero-order valence-corrected chi connectivity index (χ0v) is 11.2. The van der Waals surface area contributed by atoms with Crippen molar-refractivity contribution < 1.29 is 4.39 Å². The maximum Gasteiger partial charge on any atom is 0.152 e. The Hall–Kier alpha value is -1.32. The van der Waals surface area contributed by atoms with Crippen molar-refractivity contribution in [1.82, 2.24) is 4.98 Å². The van der Waals surface area contributed by atoms with Gasteiger partial charge in [-0.1, -0.05) is 23.2 Å². The van der Waals surface area contributed by atoms with Crippen molar-refractivity contribution in [3.05, 3.63) is 57.6 Å². The van der Waals surface area contributed by atoms with E-state index in [0.717, 1.165) is 16.8 Å². The molecule has 0 unspecified atom stereocenters. The Labute approximate surface area is 115 Å². The third-order valence-corrected chi connectivity index (χ3v) is 3.01. The Morgan fingerprint density at radius 2 is 2.06 bits per heavy atom. The van der Waals surface area contributed by atoms with Crippen LogP contribution >= 0.6 is 23.2 Å². The number of benzene rings is 1. The third-order valence-electron chi connectivity index (χ3n) is 2.50. The number of aromatic nitrogens is 1. The number of nitrogens with zero attached hydrogens (tertiary/aromatic N) is 1. The predicted octanol–water partition coefficient (Wildman–Crippen LogP) is 4.45. The minimum absolute atomic E-state index is 0.353. The highest BCUT2D eigenvalue weighted by Crippen LogP contribution is 2.24. The summed E-state index contributed by atoms with van der Waals surface area (Å²) in [6.07, 6.45) is 1.64. The Morgan fingerprint density at radius 1 is 1.28 bits per heavy atom. The summed E-state index contributed by atoms with van der Waals surface area (Å²) >= 11 is 11.8. The van der Waals surface area contributed by atoms with Crippen LogP contribution in [0.2, 0.25) is 10.2 Å². The maximum absolute atomic E-state index is 13.2. The Bertz CT molecular complexity index is 532. The molecular formula is C13H11Cl2FN2. The molecule has 0 bridgehead atoms. The van der Waals surface area contributed by atoms with E-state index in [0.29, 0.717) is 16.7 Å². The highest BCUT2D eigenvalue weighted by Gasteiger charge is 2.05. The van der Waals surface area contributed by atoms with Crippen molar-refractivity contribution in [2.75, 3.05) is 5.32 Å². The monoisotopic (exact) mass is 284 g/mol. The van der Waals surface area contributed by atoms with E-state index in [4.69, 9.17) is 23.2 Å². The average molecular weight is 285 g/mol. The number of nitrogens with one attached hydrogen (secondary N) is 1. The molecular weight excluding hydrogens is 274 g/mol. The molecule has 2 nitrogen and oxygen atoms in total. The van der Waals surface area contributed by atoms with Gasteiger partial charge in [0.1, 0.15) is 5.82 Å². The van der Waals surface area contributed by atoms with E-state index < -0.39 is 0 Å². The molecule has 0 aliphatic rings. The van der Waals surface area contributed by atoms with Gasteiger partial charge in [-0.05, 0) is 42.3 Å². The number of anilines is 1. The highest BCUT2D eigenvalue weighted by atomic mass is 35.5. The van der Waals surface area contributed by atoms with Gasteiger partial charge < -0.3 is 5.32 Å². The predicted molar refractivity (Wildman–Crippen MR) is 72.7 cm³/mol. The van der Waals surface area contributed by atoms with E-state index in [-0.39, 0.29) is 5.82 Å². The summed E-state index contributed by atoms with van der Waals surface area (Å²) in [7, 11) is 0. The van der Waals surface area contributed by atoms with Crippen LogP contribution in [0.25, 0.3) is 0 Å². The van der Waals surface area contributed by atoms with Crippen molar-refractivity contribution in [2.45, 2.75) is 13.5 Å². The fourth-order valence-corrected chi connectivity index (χ4v) is 2.16. The number of rotatable bonds is 3. The molecule has 94 valence electrons. The van der Waals surface area contributed by atoms with Crippen LogP contribution in [-0.2, 0) is 6.54 Å². The standard InChI is InChI=1S/C13H11Cl2FN2/c1-8-2-3-17-13(15)12(8)18-7-9-4-10(14)6-11(16)5-9/h2-6,18H,7H2,1H3. The number of hydrogen-bond acceptors (Lipinski definition) is 2. The molecule has 0 amide bonds. The summed E-state index contributed by atoms with van der Waals surface area (Å²) in [4.78, 5) is 3.99. The first-order chi connectivity index (χ1) is 8.56. The van der Waals surface area contributed by atoms with Gasteiger partial charge in [0.15, 0.2) is 5.15 Å². The molecule has 1 N–H and O–H groups in total. The minimum Gasteiger partial charge on any atom is -0.378 e. The zero-order valence-electron chi connectivity index (χ0n) is 9.67. The van der Waals surface area contributed by atoms with Gasteiger partial charge in [-0.25, -0.2) is 9.37 Å². The molecule has 2 aromatic rings. The Morgan fingerprint density at radius 3 is 2.72 bits per heavy atom. The van der Waals surface area contributed by atoms with Crippen molar-refractivity contribution in [1.29, 1.82) is 0 Å². The average Bonchev–Trinajstić information content (AvgIpc) is 2.27. The fraction of sp³-hybridized carbons (Fsp3) is 0.154. The normalized spacial score (nSPS) is 10.4. The maximum atomic E-state index is 13.2. The molecule has 0 fully saturated rings. The lowest BCUT2D eigenvalue weighted by Gasteiger charge is -2.11. The van der Waals surface area contributed by atoms with E-state index in [1.807, 2.05) is 13.0 Å². The second kappa shape index (κ2) is 5.55. The Kier molecular flexibility index (Phi) is 4.04. The van der Waals surface area contributed by atoms with Crippen LogP contribution in [0.15, 0.2) is 30.5 Å². The van der Waals surface area contributed by atoms with Gasteiger partial charge >= 0.3 is 0 Å². The second-order valence-electron chi connectivity index (χ2n) is 3.92. The molecule has 1 aromatic carbocycles. The molecule has 5 heteroatoms. The van der Waals surface area contributed by atoms with Crippen LogP contribution in [0.3, 0.4) is 0 Å². The molecule has 0 saturated heterocycles. The molecule has 0 aliphatic heterocycles. The van der Waals surface area contributed by atoms with Crippen molar-refractivity contribution in [3.63, 3.8) is 0 Å². The molecule has 18 heavy (non-hydrogen) atoms. The number of pyridine rings is 1. The smallest absolute Gasteiger partial charge is 0.152 e. The minimum atomic E-state index is -0.353. The largest absolute Gasteiger partial charge is 0.378 e. The first-order valence-corrected chi connectivity index (χ1v) is 6.12. The van der Waals surface area contributed by atoms with Gasteiger partial charge in [0, 0.05) is 17.8 Å². The highest BCUT2D eigenvalue weighted by molar-refractivity contribution is 6.32. The summed E-state index contributed by atoms with van der Waals surface area (Å²) in [5.74, 6) is -0.353. The van der Waals surface area contributed by atoms with Crippen molar-refractivity contribution >= 4 is 28.9 Å². The molecule has 1 heterocycles. The van der Waals surface area contributed by atoms with Gasteiger partial charge in [0.05, 0.1) is 5.69 Å². The van der Waals surface area contributed by atoms with Gasteiger partial charge in [0.25, 0.3) is 0 Å². The quantitative estimate of drug-likeness (QED) is 0.843. The third kappa shape index (κ3) is 3.12. The lowest BCUT2D eigenvalue weighted by Crippen LogP contribution is -2.03. The van der Waals surface area contributed by atoms with Crippen molar-refractivity contribution in [2.24, 2.45) is 0 Å². The number of hydrogen-bond donors (Lipinski definition) is 1. The first kappa shape index (κ1) is 13.1. The van der Waals surface area contributed by atoms with E-state index in [9.17, 15) is 4.39 Å². The summed E-state index contributed by atoms with van der Waals surface area (Å²) < 4.78 is 13.2. The van der Waals surface area contributed by atoms with Gasteiger partial charge in [-0.3, -0.25) is 0 Å². The molecule has 0 atom stereocenters.